The highest BCUT2D eigenvalue weighted by molar-refractivity contribution is 7.58. The molecule has 1 N–H and O–H groups in total. The molecule has 1 aliphatic heterocycles. The van der Waals surface area contributed by atoms with Crippen molar-refractivity contribution in [1.29, 1.82) is 0 Å². The lowest BCUT2D eigenvalue weighted by Crippen LogP contribution is -2.02. The average Bonchev–Trinajstić information content (AvgIpc) is 2.96. The summed E-state index contributed by atoms with van der Waals surface area (Å²) in [5, 5.41) is 13.8. The molecule has 0 spiro atoms. The van der Waals surface area contributed by atoms with Gasteiger partial charge in [-0.2, -0.15) is 13.8 Å². The Kier molecular flexibility index (Phi) is 3.12. The van der Waals surface area contributed by atoms with Gasteiger partial charge >= 0.3 is 5.97 Å². The maximum atomic E-state index is 11.1. The number of hydrogen-bond acceptors (Lipinski definition) is 4. The number of fused-ring (bicyclic) bond motifs is 1. The van der Waals surface area contributed by atoms with E-state index >= 15 is 0 Å². The van der Waals surface area contributed by atoms with E-state index in [4.69, 9.17) is 28.3 Å². The van der Waals surface area contributed by atoms with E-state index in [1.807, 2.05) is 0 Å². The van der Waals surface area contributed by atoms with Crippen molar-refractivity contribution in [3.63, 3.8) is 0 Å². The minimum absolute atomic E-state index is 0.0349. The first-order chi connectivity index (χ1) is 9.49. The molecule has 1 aromatic heterocycles. The molecular formula is C11H6Cl2N4O2S. The van der Waals surface area contributed by atoms with Gasteiger partial charge in [0.2, 0.25) is 0 Å². The molecule has 3 rings (SSSR count). The Morgan fingerprint density at radius 1 is 1.30 bits per heavy atom. The van der Waals surface area contributed by atoms with Crippen LogP contribution < -0.4 is 0 Å². The van der Waals surface area contributed by atoms with Crippen molar-refractivity contribution < 1.29 is 9.90 Å². The van der Waals surface area contributed by atoms with E-state index in [0.717, 1.165) is 11.4 Å². The number of benzene rings is 1. The van der Waals surface area contributed by atoms with Gasteiger partial charge in [-0.25, -0.2) is 9.48 Å². The lowest BCUT2D eigenvalue weighted by molar-refractivity contribution is 0.0689. The van der Waals surface area contributed by atoms with E-state index in [-0.39, 0.29) is 5.69 Å². The van der Waals surface area contributed by atoms with Crippen molar-refractivity contribution in [1.82, 2.24) is 9.78 Å². The maximum Gasteiger partial charge on any atom is 0.356 e. The quantitative estimate of drug-likeness (QED) is 0.774. The SMILES string of the molecule is Cc1cn(-c2c(Cl)cc(Cl)c3c2N=S=N3)nc1C(=O)O. The fraction of sp³-hybridized carbons (Fsp3) is 0.0909. The van der Waals surface area contributed by atoms with Gasteiger partial charge in [0.05, 0.1) is 21.4 Å². The van der Waals surface area contributed by atoms with Gasteiger partial charge in [0.1, 0.15) is 17.1 Å². The topological polar surface area (TPSA) is 79.8 Å². The summed E-state index contributed by atoms with van der Waals surface area (Å²) in [6.07, 6.45) is 1.58. The number of halogens is 2. The molecular weight excluding hydrogens is 323 g/mol. The standard InChI is InChI=1S/C11H6Cl2N4O2S/c1-4-3-17(14-7(4)11(18)19)10-6(13)2-5(12)8-9(10)16-20-15-8/h2-3H,1H3,(H,18,19). The predicted octanol–water partition coefficient (Wildman–Crippen LogP) is 3.91. The molecule has 0 bridgehead atoms. The van der Waals surface area contributed by atoms with Gasteiger partial charge in [0.15, 0.2) is 5.69 Å². The second kappa shape index (κ2) is 4.69. The van der Waals surface area contributed by atoms with Crippen molar-refractivity contribution in [3.8, 4) is 5.69 Å². The van der Waals surface area contributed by atoms with E-state index in [9.17, 15) is 4.79 Å². The van der Waals surface area contributed by atoms with Gasteiger partial charge in [-0.15, -0.1) is 0 Å². The Bertz CT molecular complexity index is 824. The average molecular weight is 329 g/mol. The number of aromatic nitrogens is 2. The van der Waals surface area contributed by atoms with Crippen LogP contribution in [0.3, 0.4) is 0 Å². The number of carboxylic acids is 1. The summed E-state index contributed by atoms with van der Waals surface area (Å²) in [5.74, 6) is -1.10. The molecule has 20 heavy (non-hydrogen) atoms. The zero-order chi connectivity index (χ0) is 14.4. The van der Waals surface area contributed by atoms with Gasteiger partial charge < -0.3 is 5.11 Å². The second-order valence-corrected chi connectivity index (χ2v) is 5.40. The van der Waals surface area contributed by atoms with E-state index in [1.54, 1.807) is 19.2 Å². The monoisotopic (exact) mass is 328 g/mol. The Morgan fingerprint density at radius 2 is 2.00 bits per heavy atom. The third kappa shape index (κ3) is 1.94. The first-order valence-corrected chi connectivity index (χ1v) is 6.88. The molecule has 0 unspecified atom stereocenters. The number of aryl methyl sites for hydroxylation is 1. The number of rotatable bonds is 2. The molecule has 0 fully saturated rings. The summed E-state index contributed by atoms with van der Waals surface area (Å²) in [6.45, 7) is 1.66. The summed E-state index contributed by atoms with van der Waals surface area (Å²) >= 11 is 13.2. The van der Waals surface area contributed by atoms with Crippen LogP contribution in [0.1, 0.15) is 16.1 Å². The minimum atomic E-state index is -1.10. The summed E-state index contributed by atoms with van der Waals surface area (Å²) < 4.78 is 9.64. The van der Waals surface area contributed by atoms with Crippen LogP contribution in [0.2, 0.25) is 10.0 Å². The summed E-state index contributed by atoms with van der Waals surface area (Å²) in [5.41, 5.74) is 1.97. The van der Waals surface area contributed by atoms with Crippen LogP contribution in [0.15, 0.2) is 21.0 Å². The molecule has 6 nitrogen and oxygen atoms in total. The van der Waals surface area contributed by atoms with Gasteiger partial charge in [0, 0.05) is 11.8 Å². The van der Waals surface area contributed by atoms with Gasteiger partial charge in [-0.05, 0) is 13.0 Å². The van der Waals surface area contributed by atoms with E-state index in [2.05, 4.69) is 13.8 Å². The van der Waals surface area contributed by atoms with E-state index < -0.39 is 5.97 Å². The van der Waals surface area contributed by atoms with Crippen molar-refractivity contribution in [2.75, 3.05) is 0 Å². The molecule has 1 aliphatic rings. The lowest BCUT2D eigenvalue weighted by Gasteiger charge is -2.09. The molecule has 1 aromatic carbocycles. The number of aromatic carboxylic acids is 1. The molecule has 2 aromatic rings. The minimum Gasteiger partial charge on any atom is -0.476 e. The van der Waals surface area contributed by atoms with Crippen molar-refractivity contribution in [2.24, 2.45) is 8.73 Å². The van der Waals surface area contributed by atoms with E-state index in [1.165, 1.54) is 4.68 Å². The fourth-order valence-corrected chi connectivity index (χ4v) is 3.06. The zero-order valence-corrected chi connectivity index (χ0v) is 12.3. The normalized spacial score (nSPS) is 12.3. The molecule has 2 heterocycles. The van der Waals surface area contributed by atoms with E-state index in [0.29, 0.717) is 32.7 Å². The smallest absolute Gasteiger partial charge is 0.356 e. The predicted molar refractivity (Wildman–Crippen MR) is 76.8 cm³/mol. The molecule has 0 radical (unpaired) electrons. The van der Waals surface area contributed by atoms with Crippen molar-refractivity contribution >= 4 is 51.9 Å². The molecule has 0 atom stereocenters. The third-order valence-electron chi connectivity index (χ3n) is 2.75. The summed E-state index contributed by atoms with van der Waals surface area (Å²) in [4.78, 5) is 11.1. The van der Waals surface area contributed by atoms with Crippen LogP contribution in [-0.4, -0.2) is 20.9 Å². The summed E-state index contributed by atoms with van der Waals surface area (Å²) in [6, 6.07) is 1.54. The van der Waals surface area contributed by atoms with Gasteiger partial charge in [-0.1, -0.05) is 23.2 Å². The first-order valence-electron chi connectivity index (χ1n) is 5.39. The van der Waals surface area contributed by atoms with Crippen LogP contribution in [0.4, 0.5) is 11.4 Å². The Balaban J connectivity index is 2.27. The van der Waals surface area contributed by atoms with Crippen LogP contribution in [0.5, 0.6) is 0 Å². The highest BCUT2D eigenvalue weighted by Crippen LogP contribution is 2.46. The molecule has 0 amide bonds. The van der Waals surface area contributed by atoms with Crippen molar-refractivity contribution in [3.05, 3.63) is 33.6 Å². The fourth-order valence-electron chi connectivity index (χ4n) is 1.87. The lowest BCUT2D eigenvalue weighted by atomic mass is 10.2. The maximum absolute atomic E-state index is 11.1. The summed E-state index contributed by atoms with van der Waals surface area (Å²) in [7, 11) is 0. The zero-order valence-electron chi connectivity index (χ0n) is 9.96. The number of nitrogens with zero attached hydrogens (tertiary/aromatic N) is 4. The van der Waals surface area contributed by atoms with Gasteiger partial charge in [0.25, 0.3) is 0 Å². The van der Waals surface area contributed by atoms with Crippen LogP contribution in [0.25, 0.3) is 5.69 Å². The third-order valence-corrected chi connectivity index (χ3v) is 3.85. The molecule has 102 valence electrons. The van der Waals surface area contributed by atoms with Crippen LogP contribution in [-0.2, 0) is 11.4 Å². The molecule has 0 saturated heterocycles. The molecule has 0 saturated carbocycles. The second-order valence-electron chi connectivity index (χ2n) is 4.06. The molecule has 0 aliphatic carbocycles. The first kappa shape index (κ1) is 13.3. The van der Waals surface area contributed by atoms with Crippen LogP contribution >= 0.6 is 23.2 Å². The largest absolute Gasteiger partial charge is 0.476 e. The van der Waals surface area contributed by atoms with Crippen molar-refractivity contribution in [2.45, 2.75) is 6.92 Å². The number of carbonyl (C=O) groups is 1. The molecule has 9 heteroatoms. The number of carboxylic acid groups (broad SMARTS) is 1. The highest BCUT2D eigenvalue weighted by atomic mass is 35.5. The highest BCUT2D eigenvalue weighted by Gasteiger charge is 2.22. The van der Waals surface area contributed by atoms with Gasteiger partial charge in [-0.3, -0.25) is 0 Å². The van der Waals surface area contributed by atoms with Crippen LogP contribution in [0, 0.1) is 6.92 Å². The number of hydrogen-bond donors (Lipinski definition) is 1. The Labute approximate surface area is 126 Å². The Hall–Kier alpha value is -1.70. The Morgan fingerprint density at radius 3 is 2.65 bits per heavy atom.